The lowest BCUT2D eigenvalue weighted by Gasteiger charge is -2.36. The lowest BCUT2D eigenvalue weighted by atomic mass is 9.94. The number of nitrogens with zero attached hydrogens (tertiary/aromatic N) is 1. The Morgan fingerprint density at radius 2 is 2.08 bits per heavy atom. The summed E-state index contributed by atoms with van der Waals surface area (Å²) in [4.78, 5) is 15.0. The number of benzene rings is 2. The molecule has 0 aliphatic carbocycles. The minimum Gasteiger partial charge on any atom is -0.376 e. The first-order chi connectivity index (χ1) is 12.2. The van der Waals surface area contributed by atoms with E-state index in [0.29, 0.717) is 13.2 Å². The Morgan fingerprint density at radius 3 is 2.96 bits per heavy atom. The van der Waals surface area contributed by atoms with E-state index in [4.69, 9.17) is 4.74 Å². The molecule has 4 heteroatoms. The monoisotopic (exact) mass is 336 g/mol. The number of hydrogen-bond acceptors (Lipinski definition) is 3. The standard InChI is InChI=1S/C21H24N2O2/c1-15-5-2-3-8-18(15)20-21(24)22-10-11-23(20)13-16-6-4-7-17-14-25-12-9-19(16)17/h2-8,20H,9-14H2,1H3,(H,22,24). The third kappa shape index (κ3) is 3.20. The number of hydrogen-bond donors (Lipinski definition) is 1. The van der Waals surface area contributed by atoms with Crippen molar-refractivity contribution in [1.82, 2.24) is 10.2 Å². The number of fused-ring (bicyclic) bond motifs is 1. The van der Waals surface area contributed by atoms with E-state index in [2.05, 4.69) is 47.5 Å². The number of rotatable bonds is 3. The molecule has 2 aromatic carbocycles. The van der Waals surface area contributed by atoms with Crippen molar-refractivity contribution < 1.29 is 9.53 Å². The zero-order chi connectivity index (χ0) is 17.2. The summed E-state index contributed by atoms with van der Waals surface area (Å²) in [6.45, 7) is 5.94. The van der Waals surface area contributed by atoms with Gasteiger partial charge in [0.15, 0.2) is 0 Å². The molecule has 1 atom stereocenters. The predicted molar refractivity (Wildman–Crippen MR) is 97.1 cm³/mol. The predicted octanol–water partition coefficient (Wildman–Crippen LogP) is 2.74. The van der Waals surface area contributed by atoms with Gasteiger partial charge in [-0.15, -0.1) is 0 Å². The van der Waals surface area contributed by atoms with Gasteiger partial charge in [-0.1, -0.05) is 42.5 Å². The number of ether oxygens (including phenoxy) is 1. The van der Waals surface area contributed by atoms with Gasteiger partial charge in [0, 0.05) is 19.6 Å². The number of piperazine rings is 1. The highest BCUT2D eigenvalue weighted by Crippen LogP contribution is 2.29. The van der Waals surface area contributed by atoms with E-state index in [1.165, 1.54) is 16.7 Å². The largest absolute Gasteiger partial charge is 0.376 e. The SMILES string of the molecule is Cc1ccccc1C1C(=O)NCCN1Cc1cccc2c1CCOC2. The van der Waals surface area contributed by atoms with Crippen LogP contribution < -0.4 is 5.32 Å². The third-order valence-electron chi connectivity index (χ3n) is 5.29. The molecule has 2 aliphatic rings. The number of nitrogens with one attached hydrogen (secondary N) is 1. The molecule has 25 heavy (non-hydrogen) atoms. The van der Waals surface area contributed by atoms with Gasteiger partial charge in [0.2, 0.25) is 5.91 Å². The lowest BCUT2D eigenvalue weighted by molar-refractivity contribution is -0.129. The Labute approximate surface area is 148 Å². The molecule has 1 fully saturated rings. The van der Waals surface area contributed by atoms with Gasteiger partial charge in [0.25, 0.3) is 0 Å². The molecule has 0 radical (unpaired) electrons. The molecule has 2 aromatic rings. The molecule has 0 bridgehead atoms. The maximum atomic E-state index is 12.7. The Morgan fingerprint density at radius 1 is 1.20 bits per heavy atom. The van der Waals surface area contributed by atoms with Gasteiger partial charge in [-0.2, -0.15) is 0 Å². The molecular weight excluding hydrogens is 312 g/mol. The van der Waals surface area contributed by atoms with Crippen LogP contribution in [0.25, 0.3) is 0 Å². The van der Waals surface area contributed by atoms with Crippen LogP contribution in [0.4, 0.5) is 0 Å². The van der Waals surface area contributed by atoms with Crippen molar-refractivity contribution in [3.8, 4) is 0 Å². The van der Waals surface area contributed by atoms with Crippen molar-refractivity contribution in [2.75, 3.05) is 19.7 Å². The maximum Gasteiger partial charge on any atom is 0.242 e. The second kappa shape index (κ2) is 6.98. The van der Waals surface area contributed by atoms with Crippen molar-refractivity contribution in [2.24, 2.45) is 0 Å². The Hall–Kier alpha value is -2.17. The molecule has 130 valence electrons. The minimum atomic E-state index is -0.217. The minimum absolute atomic E-state index is 0.105. The van der Waals surface area contributed by atoms with E-state index in [0.717, 1.165) is 37.2 Å². The molecule has 0 saturated carbocycles. The summed E-state index contributed by atoms with van der Waals surface area (Å²) >= 11 is 0. The zero-order valence-electron chi connectivity index (χ0n) is 14.6. The molecule has 0 spiro atoms. The van der Waals surface area contributed by atoms with Crippen molar-refractivity contribution in [3.05, 3.63) is 70.3 Å². The van der Waals surface area contributed by atoms with Crippen LogP contribution in [-0.4, -0.2) is 30.5 Å². The Balaban J connectivity index is 1.66. The molecule has 1 N–H and O–H groups in total. The quantitative estimate of drug-likeness (QED) is 0.937. The van der Waals surface area contributed by atoms with Gasteiger partial charge >= 0.3 is 0 Å². The van der Waals surface area contributed by atoms with E-state index >= 15 is 0 Å². The fourth-order valence-corrected chi connectivity index (χ4v) is 3.98. The van der Waals surface area contributed by atoms with Crippen LogP contribution in [0.2, 0.25) is 0 Å². The molecule has 0 aromatic heterocycles. The van der Waals surface area contributed by atoms with Crippen LogP contribution in [0, 0.1) is 6.92 Å². The summed E-state index contributed by atoms with van der Waals surface area (Å²) in [6.07, 6.45) is 0.959. The van der Waals surface area contributed by atoms with E-state index < -0.39 is 0 Å². The van der Waals surface area contributed by atoms with Gasteiger partial charge in [0.05, 0.1) is 13.2 Å². The first-order valence-corrected chi connectivity index (χ1v) is 8.99. The Bertz CT molecular complexity index is 787. The van der Waals surface area contributed by atoms with E-state index in [1.54, 1.807) is 0 Å². The van der Waals surface area contributed by atoms with Crippen molar-refractivity contribution in [3.63, 3.8) is 0 Å². The van der Waals surface area contributed by atoms with Crippen LogP contribution in [0.1, 0.15) is 33.9 Å². The summed E-state index contributed by atoms with van der Waals surface area (Å²) in [5.74, 6) is 0.105. The number of aryl methyl sites for hydroxylation is 1. The summed E-state index contributed by atoms with van der Waals surface area (Å²) < 4.78 is 5.59. The maximum absolute atomic E-state index is 12.7. The van der Waals surface area contributed by atoms with E-state index in [9.17, 15) is 4.79 Å². The van der Waals surface area contributed by atoms with Gasteiger partial charge in [0.1, 0.15) is 6.04 Å². The molecular formula is C21H24N2O2. The summed E-state index contributed by atoms with van der Waals surface area (Å²) in [6, 6.07) is 14.4. The second-order valence-electron chi connectivity index (χ2n) is 6.88. The van der Waals surface area contributed by atoms with Gasteiger partial charge in [-0.3, -0.25) is 9.69 Å². The van der Waals surface area contributed by atoms with Crippen LogP contribution in [-0.2, 0) is 29.1 Å². The van der Waals surface area contributed by atoms with Crippen LogP contribution in [0.15, 0.2) is 42.5 Å². The smallest absolute Gasteiger partial charge is 0.242 e. The number of carbonyl (C=O) groups excluding carboxylic acids is 1. The average Bonchev–Trinajstić information content (AvgIpc) is 2.63. The fraction of sp³-hybridized carbons (Fsp3) is 0.381. The second-order valence-corrected chi connectivity index (χ2v) is 6.88. The first kappa shape index (κ1) is 16.3. The molecule has 4 rings (SSSR count). The summed E-state index contributed by atoms with van der Waals surface area (Å²) in [5, 5.41) is 3.04. The van der Waals surface area contributed by atoms with Crippen LogP contribution in [0.3, 0.4) is 0 Å². The van der Waals surface area contributed by atoms with Crippen molar-refractivity contribution >= 4 is 5.91 Å². The average molecular weight is 336 g/mol. The number of carbonyl (C=O) groups is 1. The molecule has 1 amide bonds. The molecule has 2 aliphatic heterocycles. The van der Waals surface area contributed by atoms with Gasteiger partial charge in [-0.25, -0.2) is 0 Å². The number of amides is 1. The highest BCUT2D eigenvalue weighted by atomic mass is 16.5. The van der Waals surface area contributed by atoms with Gasteiger partial charge in [-0.05, 0) is 41.2 Å². The third-order valence-corrected chi connectivity index (χ3v) is 5.29. The molecule has 4 nitrogen and oxygen atoms in total. The normalized spacial score (nSPS) is 20.8. The first-order valence-electron chi connectivity index (χ1n) is 8.99. The topological polar surface area (TPSA) is 41.6 Å². The highest BCUT2D eigenvalue weighted by molar-refractivity contribution is 5.84. The van der Waals surface area contributed by atoms with Crippen molar-refractivity contribution in [1.29, 1.82) is 0 Å². The fourth-order valence-electron chi connectivity index (χ4n) is 3.98. The molecule has 1 saturated heterocycles. The van der Waals surface area contributed by atoms with E-state index in [-0.39, 0.29) is 11.9 Å². The van der Waals surface area contributed by atoms with Crippen LogP contribution in [0.5, 0.6) is 0 Å². The van der Waals surface area contributed by atoms with Crippen LogP contribution >= 0.6 is 0 Å². The lowest BCUT2D eigenvalue weighted by Crippen LogP contribution is -2.49. The Kier molecular flexibility index (Phi) is 4.55. The summed E-state index contributed by atoms with van der Waals surface area (Å²) in [7, 11) is 0. The van der Waals surface area contributed by atoms with Gasteiger partial charge < -0.3 is 10.1 Å². The zero-order valence-corrected chi connectivity index (χ0v) is 14.6. The van der Waals surface area contributed by atoms with Crippen molar-refractivity contribution in [2.45, 2.75) is 32.5 Å². The summed E-state index contributed by atoms with van der Waals surface area (Å²) in [5.41, 5.74) is 6.29. The highest BCUT2D eigenvalue weighted by Gasteiger charge is 2.32. The molecule has 1 unspecified atom stereocenters. The molecule has 2 heterocycles. The van der Waals surface area contributed by atoms with E-state index in [1.807, 2.05) is 12.1 Å².